The van der Waals surface area contributed by atoms with E-state index in [0.717, 1.165) is 0 Å². The predicted molar refractivity (Wildman–Crippen MR) is 117 cm³/mol. The molecule has 0 saturated carbocycles. The number of hydrogen-bond acceptors (Lipinski definition) is 8. The van der Waals surface area contributed by atoms with Gasteiger partial charge in [-0.25, -0.2) is 13.4 Å². The fraction of sp³-hybridized carbons (Fsp3) is 0.150. The van der Waals surface area contributed by atoms with E-state index >= 15 is 0 Å². The number of nitrogens with zero attached hydrogens (tertiary/aromatic N) is 3. The number of carbonyl (C=O) groups is 1. The number of hydrogen-bond donors (Lipinski definition) is 1. The van der Waals surface area contributed by atoms with Crippen LogP contribution in [0.1, 0.15) is 10.4 Å². The third kappa shape index (κ3) is 4.37. The van der Waals surface area contributed by atoms with Crippen molar-refractivity contribution in [1.29, 1.82) is 0 Å². The molecular formula is C20H18N4O5S2. The summed E-state index contributed by atoms with van der Waals surface area (Å²) < 4.78 is 39.5. The van der Waals surface area contributed by atoms with Crippen LogP contribution in [0.25, 0.3) is 10.9 Å². The Labute approximate surface area is 182 Å². The van der Waals surface area contributed by atoms with Gasteiger partial charge in [0.15, 0.2) is 10.9 Å². The molecule has 0 fully saturated rings. The number of ketones is 1. The van der Waals surface area contributed by atoms with E-state index in [2.05, 4.69) is 14.8 Å². The second kappa shape index (κ2) is 8.36. The molecule has 9 nitrogen and oxygen atoms in total. The lowest BCUT2D eigenvalue weighted by Crippen LogP contribution is -2.12. The van der Waals surface area contributed by atoms with E-state index in [9.17, 15) is 13.2 Å². The fourth-order valence-electron chi connectivity index (χ4n) is 3.01. The normalized spacial score (nSPS) is 11.4. The molecule has 0 aliphatic rings. The van der Waals surface area contributed by atoms with Crippen molar-refractivity contribution in [2.24, 2.45) is 0 Å². The Morgan fingerprint density at radius 1 is 1.16 bits per heavy atom. The van der Waals surface area contributed by atoms with E-state index in [1.165, 1.54) is 48.6 Å². The van der Waals surface area contributed by atoms with Gasteiger partial charge in [-0.05, 0) is 30.3 Å². The Bertz CT molecular complexity index is 1350. The lowest BCUT2D eigenvalue weighted by Gasteiger charge is -2.09. The minimum Gasteiger partial charge on any atom is -0.497 e. The zero-order valence-electron chi connectivity index (χ0n) is 16.6. The molecular weight excluding hydrogens is 440 g/mol. The van der Waals surface area contributed by atoms with Gasteiger partial charge < -0.3 is 9.47 Å². The molecule has 0 radical (unpaired) electrons. The molecule has 2 aromatic carbocycles. The number of carbonyl (C=O) groups excluding carboxylic acids is 1. The summed E-state index contributed by atoms with van der Waals surface area (Å²) in [6, 6.07) is 9.53. The average molecular weight is 459 g/mol. The van der Waals surface area contributed by atoms with E-state index in [-0.39, 0.29) is 22.4 Å². The summed E-state index contributed by atoms with van der Waals surface area (Å²) in [7, 11) is -0.766. The first-order valence-electron chi connectivity index (χ1n) is 9.04. The lowest BCUT2D eigenvalue weighted by atomic mass is 10.1. The number of rotatable bonds is 8. The quantitative estimate of drug-likeness (QED) is 0.404. The van der Waals surface area contributed by atoms with Crippen molar-refractivity contribution >= 4 is 43.2 Å². The number of Topliss-reactive ketones (excluding diaryl/α,β-unsaturated/α-hetero) is 1. The Morgan fingerprint density at radius 3 is 2.71 bits per heavy atom. The molecule has 0 aliphatic carbocycles. The molecule has 1 N–H and O–H groups in total. The Hall–Kier alpha value is -3.44. The molecule has 0 bridgehead atoms. The average Bonchev–Trinajstić information content (AvgIpc) is 3.41. The van der Waals surface area contributed by atoms with Gasteiger partial charge in [-0.2, -0.15) is 5.10 Å². The number of fused-ring (bicyclic) bond motifs is 1. The number of sulfonamides is 1. The highest BCUT2D eigenvalue weighted by Crippen LogP contribution is 2.26. The number of benzene rings is 2. The number of methoxy groups -OCH3 is 2. The van der Waals surface area contributed by atoms with Crippen molar-refractivity contribution in [3.63, 3.8) is 0 Å². The maximum absolute atomic E-state index is 12.8. The van der Waals surface area contributed by atoms with E-state index in [4.69, 9.17) is 9.47 Å². The lowest BCUT2D eigenvalue weighted by molar-refractivity contribution is 0.0965. The van der Waals surface area contributed by atoms with Gasteiger partial charge in [0.25, 0.3) is 10.0 Å². The topological polar surface area (TPSA) is 112 Å². The van der Waals surface area contributed by atoms with E-state index in [1.807, 2.05) is 0 Å². The summed E-state index contributed by atoms with van der Waals surface area (Å²) in [5.41, 5.74) is 0.974. The summed E-state index contributed by atoms with van der Waals surface area (Å²) in [5.74, 6) is 0.784. The maximum atomic E-state index is 12.8. The highest BCUT2D eigenvalue weighted by atomic mass is 32.2. The number of anilines is 1. The van der Waals surface area contributed by atoms with Crippen LogP contribution in [0.4, 0.5) is 5.13 Å². The molecule has 4 rings (SSSR count). The monoisotopic (exact) mass is 458 g/mol. The molecule has 0 aliphatic heterocycles. The van der Waals surface area contributed by atoms with Crippen LogP contribution < -0.4 is 14.2 Å². The number of thiazole rings is 1. The third-order valence-corrected chi connectivity index (χ3v) is 6.66. The van der Waals surface area contributed by atoms with Crippen molar-refractivity contribution in [2.45, 2.75) is 11.4 Å². The van der Waals surface area contributed by atoms with Crippen molar-refractivity contribution < 1.29 is 22.7 Å². The number of aromatic nitrogens is 3. The zero-order chi connectivity index (χ0) is 22.0. The zero-order valence-corrected chi connectivity index (χ0v) is 18.2. The highest BCUT2D eigenvalue weighted by molar-refractivity contribution is 7.93. The van der Waals surface area contributed by atoms with Crippen LogP contribution in [0.15, 0.2) is 59.1 Å². The maximum Gasteiger partial charge on any atom is 0.263 e. The van der Waals surface area contributed by atoms with Gasteiger partial charge >= 0.3 is 0 Å². The molecule has 0 amide bonds. The first kappa shape index (κ1) is 20.8. The molecule has 0 atom stereocenters. The smallest absolute Gasteiger partial charge is 0.263 e. The third-order valence-electron chi connectivity index (χ3n) is 4.50. The van der Waals surface area contributed by atoms with Gasteiger partial charge in [-0.15, -0.1) is 11.3 Å². The van der Waals surface area contributed by atoms with Crippen LogP contribution in [0.5, 0.6) is 11.5 Å². The van der Waals surface area contributed by atoms with Crippen LogP contribution in [0.2, 0.25) is 0 Å². The summed E-state index contributed by atoms with van der Waals surface area (Å²) in [5, 5.41) is 6.93. The standard InChI is InChI=1S/C20H18N4O5S2/c1-28-14-3-5-16(19(10-14)29-2)18(25)12-24-11-13-9-15(4-6-17(13)22-24)31(26,27)23-20-21-7-8-30-20/h3-11H,12H2,1-2H3,(H,21,23). The predicted octanol–water partition coefficient (Wildman–Crippen LogP) is 3.19. The molecule has 31 heavy (non-hydrogen) atoms. The summed E-state index contributed by atoms with van der Waals surface area (Å²) >= 11 is 1.19. The summed E-state index contributed by atoms with van der Waals surface area (Å²) in [6.45, 7) is -0.0309. The molecule has 11 heteroatoms. The second-order valence-electron chi connectivity index (χ2n) is 6.48. The second-order valence-corrected chi connectivity index (χ2v) is 9.06. The SMILES string of the molecule is COc1ccc(C(=O)Cn2cc3cc(S(=O)(=O)Nc4nccs4)ccc3n2)c(OC)c1. The van der Waals surface area contributed by atoms with Gasteiger partial charge in [-0.3, -0.25) is 14.2 Å². The Morgan fingerprint density at radius 2 is 2.00 bits per heavy atom. The van der Waals surface area contributed by atoms with Crippen molar-refractivity contribution in [2.75, 3.05) is 18.9 Å². The summed E-state index contributed by atoms with van der Waals surface area (Å²) in [4.78, 5) is 16.8. The molecule has 160 valence electrons. The van der Waals surface area contributed by atoms with Gasteiger partial charge in [0.05, 0.1) is 30.2 Å². The minimum absolute atomic E-state index is 0.0309. The Balaban J connectivity index is 1.58. The minimum atomic E-state index is -3.78. The molecule has 0 spiro atoms. The highest BCUT2D eigenvalue weighted by Gasteiger charge is 2.18. The first-order chi connectivity index (χ1) is 14.9. The first-order valence-corrected chi connectivity index (χ1v) is 11.4. The van der Waals surface area contributed by atoms with Crippen LogP contribution in [-0.2, 0) is 16.6 Å². The number of nitrogens with one attached hydrogen (secondary N) is 1. The van der Waals surface area contributed by atoms with Gasteiger partial charge in [-0.1, -0.05) is 0 Å². The molecule has 0 unspecified atom stereocenters. The van der Waals surface area contributed by atoms with Crippen LogP contribution in [0.3, 0.4) is 0 Å². The van der Waals surface area contributed by atoms with Gasteiger partial charge in [0.2, 0.25) is 0 Å². The molecule has 2 aromatic heterocycles. The van der Waals surface area contributed by atoms with Crippen molar-refractivity contribution in [3.8, 4) is 11.5 Å². The Kier molecular flexibility index (Phi) is 5.61. The van der Waals surface area contributed by atoms with Crippen LogP contribution in [0, 0.1) is 0 Å². The van der Waals surface area contributed by atoms with E-state index < -0.39 is 10.0 Å². The summed E-state index contributed by atoms with van der Waals surface area (Å²) in [6.07, 6.45) is 3.15. The molecule has 4 aromatic rings. The van der Waals surface area contributed by atoms with Crippen molar-refractivity contribution in [3.05, 3.63) is 59.7 Å². The fourth-order valence-corrected chi connectivity index (χ4v) is 4.84. The van der Waals surface area contributed by atoms with Crippen LogP contribution >= 0.6 is 11.3 Å². The van der Waals surface area contributed by atoms with Crippen LogP contribution in [-0.4, -0.2) is 43.2 Å². The van der Waals surface area contributed by atoms with Crippen molar-refractivity contribution in [1.82, 2.24) is 14.8 Å². The molecule has 2 heterocycles. The number of ether oxygens (including phenoxy) is 2. The molecule has 0 saturated heterocycles. The van der Waals surface area contributed by atoms with Gasteiger partial charge in [0, 0.05) is 29.2 Å². The largest absolute Gasteiger partial charge is 0.497 e. The van der Waals surface area contributed by atoms with E-state index in [1.54, 1.807) is 35.8 Å². The van der Waals surface area contributed by atoms with E-state index in [0.29, 0.717) is 28.0 Å². The van der Waals surface area contributed by atoms with Gasteiger partial charge in [0.1, 0.15) is 18.0 Å².